The highest BCUT2D eigenvalue weighted by Crippen LogP contribution is 1.93. The molecule has 88 valence electrons. The van der Waals surface area contributed by atoms with Crippen molar-refractivity contribution in [1.29, 1.82) is 0 Å². The molecule has 0 aliphatic carbocycles. The number of carboxylic acid groups (broad SMARTS) is 1. The van der Waals surface area contributed by atoms with Crippen LogP contribution in [0.15, 0.2) is 0 Å². The minimum Gasteiger partial charge on any atom is -0.480 e. The van der Waals surface area contributed by atoms with Gasteiger partial charge in [-0.2, -0.15) is 0 Å². The maximum absolute atomic E-state index is 11.3. The largest absolute Gasteiger partial charge is 0.480 e. The minimum absolute atomic E-state index is 0.269. The monoisotopic (exact) mass is 218 g/mol. The second-order valence-electron chi connectivity index (χ2n) is 3.26. The highest BCUT2D eigenvalue weighted by molar-refractivity contribution is 5.81. The van der Waals surface area contributed by atoms with Gasteiger partial charge in [-0.1, -0.05) is 0 Å². The van der Waals surface area contributed by atoms with E-state index in [9.17, 15) is 9.59 Å². The van der Waals surface area contributed by atoms with Crippen molar-refractivity contribution < 1.29 is 14.7 Å². The fourth-order valence-corrected chi connectivity index (χ4v) is 0.982. The summed E-state index contributed by atoms with van der Waals surface area (Å²) in [6.45, 7) is 0.210. The summed E-state index contributed by atoms with van der Waals surface area (Å²) < 4.78 is 0. The van der Waals surface area contributed by atoms with E-state index in [-0.39, 0.29) is 6.54 Å². The number of nitrogens with one attached hydrogen (secondary N) is 1. The molecule has 0 aliphatic rings. The van der Waals surface area contributed by atoms with Crippen LogP contribution in [0.25, 0.3) is 0 Å². The molecule has 0 aliphatic heterocycles. The van der Waals surface area contributed by atoms with E-state index in [0.29, 0.717) is 19.4 Å². The van der Waals surface area contributed by atoms with Gasteiger partial charge >= 0.3 is 5.97 Å². The van der Waals surface area contributed by atoms with Crippen molar-refractivity contribution >= 4 is 11.9 Å². The standard InChI is InChI=1S/C8H18N4O3/c1-12(5-7(13)14)11-8(15)6(10)3-2-4-9/h6H,2-5,9-10H2,1H3,(H,11,15)(H,13,14)/t6-/m0/s1. The van der Waals surface area contributed by atoms with E-state index in [4.69, 9.17) is 16.6 Å². The van der Waals surface area contributed by atoms with Gasteiger partial charge < -0.3 is 16.6 Å². The molecule has 1 atom stereocenters. The van der Waals surface area contributed by atoms with Gasteiger partial charge in [0, 0.05) is 7.05 Å². The van der Waals surface area contributed by atoms with Crippen LogP contribution in [0.1, 0.15) is 12.8 Å². The third-order valence-corrected chi connectivity index (χ3v) is 1.73. The van der Waals surface area contributed by atoms with Gasteiger partial charge in [-0.15, -0.1) is 0 Å². The summed E-state index contributed by atoms with van der Waals surface area (Å²) in [5, 5.41) is 9.61. The molecule has 6 N–H and O–H groups in total. The van der Waals surface area contributed by atoms with Crippen LogP contribution in [0.5, 0.6) is 0 Å². The molecule has 0 saturated heterocycles. The van der Waals surface area contributed by atoms with Crippen molar-refractivity contribution in [3.8, 4) is 0 Å². The third-order valence-electron chi connectivity index (χ3n) is 1.73. The number of nitrogens with two attached hydrogens (primary N) is 2. The van der Waals surface area contributed by atoms with Gasteiger partial charge in [0.05, 0.1) is 6.04 Å². The Morgan fingerprint density at radius 3 is 2.60 bits per heavy atom. The van der Waals surface area contributed by atoms with Crippen LogP contribution >= 0.6 is 0 Å². The molecule has 0 spiro atoms. The first-order valence-corrected chi connectivity index (χ1v) is 4.66. The summed E-state index contributed by atoms with van der Waals surface area (Å²) in [7, 11) is 1.46. The molecule has 0 bridgehead atoms. The average Bonchev–Trinajstić information content (AvgIpc) is 2.12. The van der Waals surface area contributed by atoms with E-state index >= 15 is 0 Å². The third kappa shape index (κ3) is 6.83. The fourth-order valence-electron chi connectivity index (χ4n) is 0.982. The van der Waals surface area contributed by atoms with Crippen LogP contribution in [0.3, 0.4) is 0 Å². The van der Waals surface area contributed by atoms with E-state index in [1.54, 1.807) is 0 Å². The van der Waals surface area contributed by atoms with Gasteiger partial charge in [-0.05, 0) is 19.4 Å². The van der Waals surface area contributed by atoms with Crippen molar-refractivity contribution in [2.75, 3.05) is 20.1 Å². The first-order valence-electron chi connectivity index (χ1n) is 4.66. The molecule has 0 heterocycles. The van der Waals surface area contributed by atoms with Gasteiger partial charge in [0.1, 0.15) is 6.54 Å². The Kier molecular flexibility index (Phi) is 6.59. The highest BCUT2D eigenvalue weighted by atomic mass is 16.4. The number of amides is 1. The number of carbonyl (C=O) groups is 2. The molecule has 0 unspecified atom stereocenters. The zero-order valence-corrected chi connectivity index (χ0v) is 8.77. The number of hydrogen-bond donors (Lipinski definition) is 4. The van der Waals surface area contributed by atoms with E-state index in [1.807, 2.05) is 0 Å². The maximum Gasteiger partial charge on any atom is 0.319 e. The average molecular weight is 218 g/mol. The van der Waals surface area contributed by atoms with Crippen LogP contribution in [-0.2, 0) is 9.59 Å². The second-order valence-corrected chi connectivity index (χ2v) is 3.26. The molecule has 0 saturated carbocycles. The Hall–Kier alpha value is -1.18. The number of nitrogens with zero attached hydrogens (tertiary/aromatic N) is 1. The number of aliphatic carboxylic acids is 1. The van der Waals surface area contributed by atoms with Crippen LogP contribution in [0, 0.1) is 0 Å². The topological polar surface area (TPSA) is 122 Å². The lowest BCUT2D eigenvalue weighted by atomic mass is 10.1. The first kappa shape index (κ1) is 13.8. The van der Waals surface area contributed by atoms with Crippen molar-refractivity contribution in [1.82, 2.24) is 10.4 Å². The van der Waals surface area contributed by atoms with Gasteiger partial charge in [0.15, 0.2) is 0 Å². The maximum atomic E-state index is 11.3. The predicted octanol–water partition coefficient (Wildman–Crippen LogP) is -1.90. The molecule has 0 fully saturated rings. The Bertz CT molecular complexity index is 222. The molecule has 7 heteroatoms. The molecule has 7 nitrogen and oxygen atoms in total. The molecule has 0 aromatic rings. The van der Waals surface area contributed by atoms with E-state index in [0.717, 1.165) is 0 Å². The Balaban J connectivity index is 3.85. The number of carboxylic acids is 1. The molecule has 0 aromatic heterocycles. The van der Waals surface area contributed by atoms with E-state index < -0.39 is 17.9 Å². The van der Waals surface area contributed by atoms with Crippen molar-refractivity contribution in [2.24, 2.45) is 11.5 Å². The Morgan fingerprint density at radius 2 is 2.13 bits per heavy atom. The Morgan fingerprint density at radius 1 is 1.53 bits per heavy atom. The molecular formula is C8H18N4O3. The predicted molar refractivity (Wildman–Crippen MR) is 54.7 cm³/mol. The zero-order valence-electron chi connectivity index (χ0n) is 8.77. The molecule has 15 heavy (non-hydrogen) atoms. The summed E-state index contributed by atoms with van der Waals surface area (Å²) in [6, 6.07) is -0.648. The number of carbonyl (C=O) groups excluding carboxylic acids is 1. The van der Waals surface area contributed by atoms with E-state index in [1.165, 1.54) is 12.1 Å². The number of rotatable bonds is 7. The van der Waals surface area contributed by atoms with Crippen molar-refractivity contribution in [3.63, 3.8) is 0 Å². The summed E-state index contributed by atoms with van der Waals surface area (Å²) in [5.41, 5.74) is 13.2. The van der Waals surface area contributed by atoms with Crippen LogP contribution < -0.4 is 16.9 Å². The lowest BCUT2D eigenvalue weighted by Crippen LogP contribution is -2.49. The lowest BCUT2D eigenvalue weighted by molar-refractivity contribution is -0.139. The number of likely N-dealkylation sites (N-methyl/N-ethyl adjacent to an activating group) is 1. The summed E-state index contributed by atoms with van der Waals surface area (Å²) in [6.07, 6.45) is 1.15. The molecule has 0 aromatic carbocycles. The molecule has 0 rings (SSSR count). The SMILES string of the molecule is CN(CC(=O)O)NC(=O)[C@@H](N)CCCN. The number of hydrogen-bond acceptors (Lipinski definition) is 5. The van der Waals surface area contributed by atoms with Gasteiger partial charge in [-0.3, -0.25) is 15.0 Å². The minimum atomic E-state index is -1.02. The molecule has 0 radical (unpaired) electrons. The number of hydrazine groups is 1. The van der Waals surface area contributed by atoms with Crippen molar-refractivity contribution in [2.45, 2.75) is 18.9 Å². The summed E-state index contributed by atoms with van der Waals surface area (Å²) >= 11 is 0. The highest BCUT2D eigenvalue weighted by Gasteiger charge is 2.15. The van der Waals surface area contributed by atoms with Crippen LogP contribution in [-0.4, -0.2) is 48.2 Å². The zero-order chi connectivity index (χ0) is 11.8. The fraction of sp³-hybridized carbons (Fsp3) is 0.750. The van der Waals surface area contributed by atoms with Crippen LogP contribution in [0.4, 0.5) is 0 Å². The second kappa shape index (κ2) is 7.16. The van der Waals surface area contributed by atoms with Gasteiger partial charge in [0.25, 0.3) is 5.91 Å². The van der Waals surface area contributed by atoms with Gasteiger partial charge in [-0.25, -0.2) is 5.01 Å². The normalized spacial score (nSPS) is 12.5. The molecular weight excluding hydrogens is 200 g/mol. The Labute approximate surface area is 88.4 Å². The van der Waals surface area contributed by atoms with Gasteiger partial charge in [0.2, 0.25) is 0 Å². The van der Waals surface area contributed by atoms with E-state index in [2.05, 4.69) is 5.43 Å². The first-order chi connectivity index (χ1) is 6.97. The smallest absolute Gasteiger partial charge is 0.319 e. The summed E-state index contributed by atoms with van der Waals surface area (Å²) in [4.78, 5) is 21.6. The van der Waals surface area contributed by atoms with Crippen molar-refractivity contribution in [3.05, 3.63) is 0 Å². The lowest BCUT2D eigenvalue weighted by Gasteiger charge is -2.18. The molecule has 1 amide bonds. The summed E-state index contributed by atoms with van der Waals surface area (Å²) in [5.74, 6) is -1.42. The quantitative estimate of drug-likeness (QED) is 0.370. The van der Waals surface area contributed by atoms with Crippen LogP contribution in [0.2, 0.25) is 0 Å².